The Morgan fingerprint density at radius 2 is 2.06 bits per heavy atom. The van der Waals surface area contributed by atoms with Gasteiger partial charge < -0.3 is 14.6 Å². The third kappa shape index (κ3) is 5.17. The van der Waals surface area contributed by atoms with Gasteiger partial charge in [-0.15, -0.1) is 0 Å². The number of amides is 2. The normalized spacial score (nSPS) is 14.6. The van der Waals surface area contributed by atoms with Crippen LogP contribution in [0.5, 0.6) is 0 Å². The van der Waals surface area contributed by atoms with Gasteiger partial charge >= 0.3 is 0 Å². The minimum Gasteiger partial charge on any atom is -0.469 e. The standard InChI is InChI=1S/C24H26N4O3/c1-17(11-12-19-9-6-14-31-19)26-22(29)16-28-13-5-10-21-20(24(28)30)15-25-23(27-21)18-7-3-2-4-8-18/h2-4,6-9,14-15,17H,5,10-13,16H2,1H3,(H,26,29). The second-order valence-corrected chi connectivity index (χ2v) is 7.84. The summed E-state index contributed by atoms with van der Waals surface area (Å²) >= 11 is 0. The third-order valence-electron chi connectivity index (χ3n) is 5.40. The van der Waals surface area contributed by atoms with Crippen molar-refractivity contribution in [2.45, 2.75) is 38.6 Å². The second kappa shape index (κ2) is 9.55. The summed E-state index contributed by atoms with van der Waals surface area (Å²) in [7, 11) is 0. The lowest BCUT2D eigenvalue weighted by Crippen LogP contribution is -2.43. The van der Waals surface area contributed by atoms with E-state index in [1.54, 1.807) is 17.4 Å². The summed E-state index contributed by atoms with van der Waals surface area (Å²) in [5.74, 6) is 1.16. The summed E-state index contributed by atoms with van der Waals surface area (Å²) in [5, 5.41) is 2.98. The van der Waals surface area contributed by atoms with E-state index in [-0.39, 0.29) is 24.4 Å². The number of aromatic nitrogens is 2. The number of nitrogens with zero attached hydrogens (tertiary/aromatic N) is 3. The Morgan fingerprint density at radius 1 is 1.23 bits per heavy atom. The molecule has 1 aliphatic heterocycles. The van der Waals surface area contributed by atoms with Crippen LogP contribution < -0.4 is 5.32 Å². The Labute approximate surface area is 181 Å². The average Bonchev–Trinajstić information content (AvgIpc) is 3.26. The molecule has 1 aliphatic rings. The maximum absolute atomic E-state index is 13.0. The molecule has 31 heavy (non-hydrogen) atoms. The zero-order valence-electron chi connectivity index (χ0n) is 17.6. The van der Waals surface area contributed by atoms with Crippen LogP contribution in [0.3, 0.4) is 0 Å². The number of nitrogens with one attached hydrogen (secondary N) is 1. The van der Waals surface area contributed by atoms with Gasteiger partial charge in [-0.25, -0.2) is 9.97 Å². The molecule has 160 valence electrons. The summed E-state index contributed by atoms with van der Waals surface area (Å²) < 4.78 is 5.33. The second-order valence-electron chi connectivity index (χ2n) is 7.84. The Hall–Kier alpha value is -3.48. The molecule has 7 nitrogen and oxygen atoms in total. The van der Waals surface area contributed by atoms with Crippen LogP contribution in [0.25, 0.3) is 11.4 Å². The fraction of sp³-hybridized carbons (Fsp3) is 0.333. The van der Waals surface area contributed by atoms with Crippen molar-refractivity contribution >= 4 is 11.8 Å². The van der Waals surface area contributed by atoms with Crippen molar-refractivity contribution in [1.29, 1.82) is 0 Å². The highest BCUT2D eigenvalue weighted by Gasteiger charge is 2.26. The molecular formula is C24H26N4O3. The molecule has 0 saturated carbocycles. The van der Waals surface area contributed by atoms with Gasteiger partial charge in [0.15, 0.2) is 5.82 Å². The predicted octanol–water partition coefficient (Wildman–Crippen LogP) is 3.26. The molecule has 1 unspecified atom stereocenters. The topological polar surface area (TPSA) is 88.3 Å². The number of rotatable bonds is 7. The predicted molar refractivity (Wildman–Crippen MR) is 116 cm³/mol. The summed E-state index contributed by atoms with van der Waals surface area (Å²) in [6.07, 6.45) is 6.20. The van der Waals surface area contributed by atoms with Crippen molar-refractivity contribution in [2.24, 2.45) is 0 Å². The highest BCUT2D eigenvalue weighted by molar-refractivity contribution is 5.97. The van der Waals surface area contributed by atoms with E-state index in [0.717, 1.165) is 36.3 Å². The van der Waals surface area contributed by atoms with Crippen molar-refractivity contribution in [3.8, 4) is 11.4 Å². The maximum atomic E-state index is 13.0. The summed E-state index contributed by atoms with van der Waals surface area (Å²) in [5.41, 5.74) is 2.14. The lowest BCUT2D eigenvalue weighted by atomic mass is 10.1. The van der Waals surface area contributed by atoms with E-state index in [1.807, 2.05) is 49.4 Å². The Kier molecular flexibility index (Phi) is 6.40. The van der Waals surface area contributed by atoms with Crippen LogP contribution in [-0.2, 0) is 17.6 Å². The number of benzene rings is 1. The molecule has 1 aromatic carbocycles. The average molecular weight is 418 g/mol. The Balaban J connectivity index is 1.38. The first kappa shape index (κ1) is 20.8. The zero-order valence-corrected chi connectivity index (χ0v) is 17.6. The summed E-state index contributed by atoms with van der Waals surface area (Å²) in [4.78, 5) is 36.2. The number of furan rings is 1. The van der Waals surface area contributed by atoms with Crippen LogP contribution in [0, 0.1) is 0 Å². The van der Waals surface area contributed by atoms with E-state index >= 15 is 0 Å². The van der Waals surface area contributed by atoms with Crippen molar-refractivity contribution in [2.75, 3.05) is 13.1 Å². The smallest absolute Gasteiger partial charge is 0.257 e. The van der Waals surface area contributed by atoms with E-state index in [1.165, 1.54) is 0 Å². The third-order valence-corrected chi connectivity index (χ3v) is 5.40. The largest absolute Gasteiger partial charge is 0.469 e. The quantitative estimate of drug-likeness (QED) is 0.636. The molecule has 2 amide bonds. The summed E-state index contributed by atoms with van der Waals surface area (Å²) in [6, 6.07) is 13.5. The minimum atomic E-state index is -0.189. The van der Waals surface area contributed by atoms with Gasteiger partial charge in [-0.05, 0) is 38.3 Å². The minimum absolute atomic E-state index is 0.0104. The van der Waals surface area contributed by atoms with E-state index in [4.69, 9.17) is 4.42 Å². The SMILES string of the molecule is CC(CCc1ccco1)NC(=O)CN1CCCc2nc(-c3ccccc3)ncc2C1=O. The molecule has 0 saturated heterocycles. The van der Waals surface area contributed by atoms with Gasteiger partial charge in [-0.1, -0.05) is 30.3 Å². The van der Waals surface area contributed by atoms with Crippen LogP contribution in [0.15, 0.2) is 59.3 Å². The summed E-state index contributed by atoms with van der Waals surface area (Å²) in [6.45, 7) is 2.51. The molecule has 3 heterocycles. The molecule has 1 atom stereocenters. The number of carbonyl (C=O) groups excluding carboxylic acids is 2. The lowest BCUT2D eigenvalue weighted by Gasteiger charge is -2.21. The van der Waals surface area contributed by atoms with E-state index in [9.17, 15) is 9.59 Å². The molecule has 2 aromatic heterocycles. The molecule has 1 N–H and O–H groups in total. The number of carbonyl (C=O) groups is 2. The van der Waals surface area contributed by atoms with Crippen molar-refractivity contribution in [1.82, 2.24) is 20.2 Å². The maximum Gasteiger partial charge on any atom is 0.257 e. The van der Waals surface area contributed by atoms with Gasteiger partial charge in [0.25, 0.3) is 5.91 Å². The van der Waals surface area contributed by atoms with E-state index < -0.39 is 0 Å². The molecule has 0 aliphatic carbocycles. The van der Waals surface area contributed by atoms with Gasteiger partial charge in [0.2, 0.25) is 5.91 Å². The first-order chi connectivity index (χ1) is 15.1. The fourth-order valence-corrected chi connectivity index (χ4v) is 3.75. The first-order valence-corrected chi connectivity index (χ1v) is 10.6. The Bertz CT molecular complexity index is 1030. The van der Waals surface area contributed by atoms with Crippen LogP contribution in [-0.4, -0.2) is 45.8 Å². The Morgan fingerprint density at radius 3 is 2.84 bits per heavy atom. The number of hydrogen-bond acceptors (Lipinski definition) is 5. The van der Waals surface area contributed by atoms with Gasteiger partial charge in [-0.3, -0.25) is 9.59 Å². The highest BCUT2D eigenvalue weighted by atomic mass is 16.3. The van der Waals surface area contributed by atoms with Crippen molar-refractivity contribution in [3.05, 3.63) is 71.9 Å². The molecule has 0 fully saturated rings. The highest BCUT2D eigenvalue weighted by Crippen LogP contribution is 2.20. The lowest BCUT2D eigenvalue weighted by molar-refractivity contribution is -0.122. The molecule has 0 bridgehead atoms. The number of aryl methyl sites for hydroxylation is 2. The zero-order chi connectivity index (χ0) is 21.6. The number of fused-ring (bicyclic) bond motifs is 1. The van der Waals surface area contributed by atoms with Gasteiger partial charge in [0.05, 0.1) is 24.1 Å². The fourth-order valence-electron chi connectivity index (χ4n) is 3.75. The number of hydrogen-bond donors (Lipinski definition) is 1. The van der Waals surface area contributed by atoms with Crippen LogP contribution >= 0.6 is 0 Å². The molecule has 7 heteroatoms. The van der Waals surface area contributed by atoms with Gasteiger partial charge in [-0.2, -0.15) is 0 Å². The molecular weight excluding hydrogens is 392 g/mol. The first-order valence-electron chi connectivity index (χ1n) is 10.6. The van der Waals surface area contributed by atoms with Crippen LogP contribution in [0.1, 0.15) is 41.6 Å². The monoisotopic (exact) mass is 418 g/mol. The van der Waals surface area contributed by atoms with Crippen LogP contribution in [0.4, 0.5) is 0 Å². The molecule has 0 spiro atoms. The van der Waals surface area contributed by atoms with E-state index in [2.05, 4.69) is 15.3 Å². The van der Waals surface area contributed by atoms with Gasteiger partial charge in [0, 0.05) is 30.8 Å². The molecule has 4 rings (SSSR count). The molecule has 3 aromatic rings. The van der Waals surface area contributed by atoms with Crippen molar-refractivity contribution < 1.29 is 14.0 Å². The van der Waals surface area contributed by atoms with E-state index in [0.29, 0.717) is 24.4 Å². The molecule has 0 radical (unpaired) electrons. The van der Waals surface area contributed by atoms with Gasteiger partial charge in [0.1, 0.15) is 5.76 Å². The van der Waals surface area contributed by atoms with Crippen LogP contribution in [0.2, 0.25) is 0 Å². The van der Waals surface area contributed by atoms with Crippen molar-refractivity contribution in [3.63, 3.8) is 0 Å².